The molecule has 2 heterocycles. The Bertz CT molecular complexity index is 1150. The zero-order valence-electron chi connectivity index (χ0n) is 19.2. The van der Waals surface area contributed by atoms with E-state index in [-0.39, 0.29) is 11.3 Å². The molecule has 33 heavy (non-hydrogen) atoms. The fourth-order valence-corrected chi connectivity index (χ4v) is 3.89. The van der Waals surface area contributed by atoms with Crippen LogP contribution >= 0.6 is 0 Å². The molecule has 4 atom stereocenters. The van der Waals surface area contributed by atoms with Crippen molar-refractivity contribution in [2.75, 3.05) is 12.4 Å². The fraction of sp³-hybridized carbons (Fsp3) is 0.417. The summed E-state index contributed by atoms with van der Waals surface area (Å²) in [6, 6.07) is 4.78. The number of amides is 1. The summed E-state index contributed by atoms with van der Waals surface area (Å²) in [5.41, 5.74) is -0.613. The van der Waals surface area contributed by atoms with E-state index in [2.05, 4.69) is 11.9 Å². The molecule has 1 aromatic carbocycles. The summed E-state index contributed by atoms with van der Waals surface area (Å²) >= 11 is 0. The predicted molar refractivity (Wildman–Crippen MR) is 122 cm³/mol. The highest BCUT2D eigenvalue weighted by Gasteiger charge is 2.50. The highest BCUT2D eigenvalue weighted by Crippen LogP contribution is 2.35. The van der Waals surface area contributed by atoms with Gasteiger partial charge in [0.1, 0.15) is 35.3 Å². The van der Waals surface area contributed by atoms with Crippen LogP contribution in [0.25, 0.3) is 11.0 Å². The van der Waals surface area contributed by atoms with Crippen LogP contribution in [0.1, 0.15) is 26.3 Å². The second-order valence-corrected chi connectivity index (χ2v) is 8.30. The largest absolute Gasteiger partial charge is 0.462 e. The van der Waals surface area contributed by atoms with Gasteiger partial charge >= 0.3 is 5.63 Å². The first-order valence-corrected chi connectivity index (χ1v) is 10.4. The molecule has 178 valence electrons. The molecular weight excluding hydrogens is 430 g/mol. The van der Waals surface area contributed by atoms with Crippen LogP contribution in [0.4, 0.5) is 5.69 Å². The number of hydrogen-bond acceptors (Lipinski definition) is 8. The lowest BCUT2D eigenvalue weighted by Gasteiger charge is -2.46. The number of aliphatic hydroxyl groups excluding tert-OH is 2. The third kappa shape index (κ3) is 4.72. The molecule has 9 nitrogen and oxygen atoms in total. The van der Waals surface area contributed by atoms with Gasteiger partial charge in [0.05, 0.1) is 5.60 Å². The van der Waals surface area contributed by atoms with Crippen molar-refractivity contribution in [2.24, 2.45) is 0 Å². The molecule has 0 aliphatic carbocycles. The Morgan fingerprint density at radius 3 is 2.58 bits per heavy atom. The third-order valence-corrected chi connectivity index (χ3v) is 5.68. The molecule has 1 saturated heterocycles. The Labute approximate surface area is 191 Å². The molecular formula is C24H29NO8. The zero-order valence-corrected chi connectivity index (χ0v) is 19.2. The molecule has 3 rings (SSSR count). The number of anilines is 1. The average Bonchev–Trinajstić information content (AvgIpc) is 2.75. The maximum Gasteiger partial charge on any atom is 0.360 e. The van der Waals surface area contributed by atoms with Gasteiger partial charge in [0, 0.05) is 23.6 Å². The van der Waals surface area contributed by atoms with Gasteiger partial charge in [-0.3, -0.25) is 4.79 Å². The second kappa shape index (κ2) is 9.48. The smallest absolute Gasteiger partial charge is 0.360 e. The number of methoxy groups -OCH3 is 1. The molecule has 2 aromatic rings. The van der Waals surface area contributed by atoms with Gasteiger partial charge in [-0.2, -0.15) is 0 Å². The maximum atomic E-state index is 12.5. The number of fused-ring (bicyclic) bond motifs is 1. The van der Waals surface area contributed by atoms with E-state index in [1.54, 1.807) is 45.9 Å². The third-order valence-electron chi connectivity index (χ3n) is 5.68. The summed E-state index contributed by atoms with van der Waals surface area (Å²) in [4.78, 5) is 24.7. The summed E-state index contributed by atoms with van der Waals surface area (Å²) in [5, 5.41) is 24.0. The predicted octanol–water partition coefficient (Wildman–Crippen LogP) is 2.42. The number of carbonyl (C=O) groups is 1. The van der Waals surface area contributed by atoms with E-state index in [1.165, 1.54) is 19.3 Å². The minimum absolute atomic E-state index is 0.0108. The Balaban J connectivity index is 1.91. The number of nitrogens with one attached hydrogen (secondary N) is 1. The van der Waals surface area contributed by atoms with E-state index in [0.717, 1.165) is 0 Å². The molecule has 0 saturated carbocycles. The van der Waals surface area contributed by atoms with Gasteiger partial charge in [0.2, 0.25) is 6.29 Å². The quantitative estimate of drug-likeness (QED) is 0.341. The molecule has 1 aliphatic heterocycles. The number of rotatable bonds is 6. The highest BCUT2D eigenvalue weighted by atomic mass is 16.7. The van der Waals surface area contributed by atoms with E-state index in [4.69, 9.17) is 18.6 Å². The summed E-state index contributed by atoms with van der Waals surface area (Å²) in [6.07, 6.45) is -1.56. The van der Waals surface area contributed by atoms with Gasteiger partial charge in [0.25, 0.3) is 5.91 Å². The lowest BCUT2D eigenvalue weighted by atomic mass is 9.89. The Morgan fingerprint density at radius 1 is 1.27 bits per heavy atom. The second-order valence-electron chi connectivity index (χ2n) is 8.30. The Kier molecular flexibility index (Phi) is 7.08. The lowest BCUT2D eigenvalue weighted by Crippen LogP contribution is -2.63. The van der Waals surface area contributed by atoms with Gasteiger partial charge < -0.3 is 34.2 Å². The normalized spacial score (nSPS) is 25.0. The van der Waals surface area contributed by atoms with Crippen molar-refractivity contribution in [3.63, 3.8) is 0 Å². The zero-order chi connectivity index (χ0) is 24.5. The van der Waals surface area contributed by atoms with Crippen molar-refractivity contribution in [3.8, 4) is 5.75 Å². The van der Waals surface area contributed by atoms with Crippen molar-refractivity contribution in [2.45, 2.75) is 57.9 Å². The molecule has 1 fully saturated rings. The van der Waals surface area contributed by atoms with Crippen LogP contribution in [-0.2, 0) is 14.3 Å². The summed E-state index contributed by atoms with van der Waals surface area (Å²) in [7, 11) is 1.43. The number of ether oxygens (including phenoxy) is 3. The molecule has 3 N–H and O–H groups in total. The fourth-order valence-electron chi connectivity index (χ4n) is 3.89. The topological polar surface area (TPSA) is 127 Å². The molecule has 1 amide bonds. The van der Waals surface area contributed by atoms with Crippen LogP contribution in [0.2, 0.25) is 0 Å². The summed E-state index contributed by atoms with van der Waals surface area (Å²) < 4.78 is 22.4. The molecule has 1 aliphatic rings. The van der Waals surface area contributed by atoms with Crippen LogP contribution in [0.5, 0.6) is 5.75 Å². The SMILES string of the molecule is C=C/C(=C\C)C(=O)Nc1cc2ccc(O[C@@H]3OC(C)(C)[C@H](OC)[C@@H](O)[C@H]3O)c(C)c2oc1=O. The van der Waals surface area contributed by atoms with Crippen LogP contribution in [0.3, 0.4) is 0 Å². The van der Waals surface area contributed by atoms with Gasteiger partial charge in [-0.05, 0) is 45.9 Å². The van der Waals surface area contributed by atoms with Crippen molar-refractivity contribution >= 4 is 22.6 Å². The number of aliphatic hydroxyl groups is 2. The van der Waals surface area contributed by atoms with E-state index in [9.17, 15) is 19.8 Å². The number of hydrogen-bond donors (Lipinski definition) is 3. The van der Waals surface area contributed by atoms with Crippen molar-refractivity contribution in [1.82, 2.24) is 0 Å². The number of carbonyl (C=O) groups excluding carboxylic acids is 1. The standard InChI is InChI=1S/C24H29NO8/c1-7-13(8-2)21(28)25-15-11-14-9-10-16(12(3)19(14)32-22(15)29)31-23-18(27)17(26)20(30-6)24(4,5)33-23/h7-11,17-18,20,23,26-27H,1H2,2-6H3,(H,25,28)/b13-8+/t17-,18+,20+,23+/m0/s1. The number of allylic oxidation sites excluding steroid dienone is 1. The van der Waals surface area contributed by atoms with Crippen molar-refractivity contribution < 1.29 is 33.6 Å². The van der Waals surface area contributed by atoms with Gasteiger partial charge in [-0.25, -0.2) is 4.79 Å². The summed E-state index contributed by atoms with van der Waals surface area (Å²) in [6.45, 7) is 10.4. The Morgan fingerprint density at radius 2 is 1.97 bits per heavy atom. The van der Waals surface area contributed by atoms with Crippen LogP contribution in [0.15, 0.2) is 51.7 Å². The molecule has 9 heteroatoms. The minimum atomic E-state index is -1.37. The molecule has 0 bridgehead atoms. The molecule has 0 unspecified atom stereocenters. The number of aryl methyl sites for hydroxylation is 1. The first-order valence-electron chi connectivity index (χ1n) is 10.4. The number of benzene rings is 1. The Hall–Kier alpha value is -2.98. The van der Waals surface area contributed by atoms with Crippen LogP contribution in [0, 0.1) is 6.92 Å². The van der Waals surface area contributed by atoms with Crippen LogP contribution < -0.4 is 15.7 Å². The first kappa shape index (κ1) is 24.7. The average molecular weight is 459 g/mol. The van der Waals surface area contributed by atoms with E-state index >= 15 is 0 Å². The van der Waals surface area contributed by atoms with Crippen LogP contribution in [-0.4, -0.2) is 53.4 Å². The van der Waals surface area contributed by atoms with E-state index in [1.807, 2.05) is 0 Å². The molecule has 0 radical (unpaired) electrons. The lowest BCUT2D eigenvalue weighted by molar-refractivity contribution is -0.306. The highest BCUT2D eigenvalue weighted by molar-refractivity contribution is 6.06. The monoisotopic (exact) mass is 459 g/mol. The summed E-state index contributed by atoms with van der Waals surface area (Å²) in [5.74, 6) is -0.178. The van der Waals surface area contributed by atoms with Gasteiger partial charge in [-0.15, -0.1) is 0 Å². The van der Waals surface area contributed by atoms with E-state index in [0.29, 0.717) is 22.3 Å². The molecule has 1 aromatic heterocycles. The minimum Gasteiger partial charge on any atom is -0.462 e. The van der Waals surface area contributed by atoms with Gasteiger partial charge in [-0.1, -0.05) is 18.7 Å². The van der Waals surface area contributed by atoms with Gasteiger partial charge in [0.15, 0.2) is 0 Å². The maximum absolute atomic E-state index is 12.5. The van der Waals surface area contributed by atoms with Crippen molar-refractivity contribution in [1.29, 1.82) is 0 Å². The molecule has 0 spiro atoms. The van der Waals surface area contributed by atoms with Crippen molar-refractivity contribution in [3.05, 3.63) is 58.5 Å². The van der Waals surface area contributed by atoms with E-state index < -0.39 is 41.7 Å². The first-order chi connectivity index (χ1) is 15.5.